The number of carbonyl (C=O) groups is 1. The van der Waals surface area contributed by atoms with E-state index in [-0.39, 0.29) is 11.7 Å². The van der Waals surface area contributed by atoms with Gasteiger partial charge in [0.1, 0.15) is 23.8 Å². The maximum absolute atomic E-state index is 12.2. The van der Waals surface area contributed by atoms with Crippen molar-refractivity contribution >= 4 is 11.7 Å². The molecule has 6 heteroatoms. The zero-order valence-electron chi connectivity index (χ0n) is 10.6. The molecule has 0 aliphatic rings. The molecule has 0 aromatic heterocycles. The molecule has 20 heavy (non-hydrogen) atoms. The van der Waals surface area contributed by atoms with Crippen LogP contribution in [0.3, 0.4) is 0 Å². The number of nitrogens with zero attached hydrogens (tertiary/aromatic N) is 4. The molecule has 0 saturated heterocycles. The van der Waals surface area contributed by atoms with Gasteiger partial charge in [0.25, 0.3) is 0 Å². The maximum Gasteiger partial charge on any atom is 0.197 e. The molecule has 0 unspecified atom stereocenters. The van der Waals surface area contributed by atoms with Crippen molar-refractivity contribution in [3.63, 3.8) is 0 Å². The number of rotatable bonds is 3. The van der Waals surface area contributed by atoms with E-state index in [9.17, 15) is 4.79 Å². The predicted molar refractivity (Wildman–Crippen MR) is 72.5 cm³/mol. The quantitative estimate of drug-likeness (QED) is 0.292. The number of allylic oxidation sites excluding steroid dienone is 3. The van der Waals surface area contributed by atoms with Crippen LogP contribution in [0.1, 0.15) is 10.4 Å². The lowest BCUT2D eigenvalue weighted by atomic mass is 9.94. The van der Waals surface area contributed by atoms with Crippen LogP contribution in [-0.4, -0.2) is 11.7 Å². The van der Waals surface area contributed by atoms with Crippen LogP contribution < -0.4 is 6.15 Å². The van der Waals surface area contributed by atoms with E-state index < -0.39 is 22.5 Å². The van der Waals surface area contributed by atoms with Gasteiger partial charge in [-0.3, -0.25) is 4.79 Å². The topological polar surface area (TPSA) is 147 Å². The van der Waals surface area contributed by atoms with Gasteiger partial charge in [0.2, 0.25) is 0 Å². The van der Waals surface area contributed by atoms with E-state index in [0.29, 0.717) is 0 Å². The summed E-state index contributed by atoms with van der Waals surface area (Å²) in [6, 6.07) is 12.4. The minimum absolute atomic E-state index is 0. The highest BCUT2D eigenvalue weighted by atomic mass is 16.1. The number of ketones is 1. The fourth-order valence-corrected chi connectivity index (χ4v) is 1.36. The van der Waals surface area contributed by atoms with Gasteiger partial charge in [-0.25, -0.2) is 5.87 Å². The summed E-state index contributed by atoms with van der Waals surface area (Å²) in [7, 11) is 0. The second-order valence-electron chi connectivity index (χ2n) is 3.27. The summed E-state index contributed by atoms with van der Waals surface area (Å²) >= 11 is 0. The molecule has 0 amide bonds. The summed E-state index contributed by atoms with van der Waals surface area (Å²) < 4.78 is 0. The molecule has 96 valence electrons. The Morgan fingerprint density at radius 1 is 1.00 bits per heavy atom. The van der Waals surface area contributed by atoms with Crippen LogP contribution in [-0.2, 0) is 0 Å². The van der Waals surface area contributed by atoms with Gasteiger partial charge < -0.3 is 11.6 Å². The molecule has 1 rings (SSSR count). The predicted octanol–water partition coefficient (Wildman–Crippen LogP) is 2.28. The number of nitriles is 3. The second-order valence-corrected chi connectivity index (χ2v) is 3.27. The summed E-state index contributed by atoms with van der Waals surface area (Å²) in [6.45, 7) is 0. The van der Waals surface area contributed by atoms with Crippen molar-refractivity contribution in [2.24, 2.45) is 0 Å². The Balaban J connectivity index is 0.00000361. The number of carbonyl (C=O) groups excluding carboxylic acids is 1. The zero-order chi connectivity index (χ0) is 14.3. The van der Waals surface area contributed by atoms with Crippen LogP contribution in [0.4, 0.5) is 0 Å². The van der Waals surface area contributed by atoms with Crippen molar-refractivity contribution in [1.82, 2.24) is 6.15 Å². The summed E-state index contributed by atoms with van der Waals surface area (Å²) in [4.78, 5) is 12.2. The highest BCUT2D eigenvalue weighted by Crippen LogP contribution is 2.18. The number of benzene rings is 1. The Bertz CT molecular complexity index is 704. The third-order valence-corrected chi connectivity index (χ3v) is 2.21. The summed E-state index contributed by atoms with van der Waals surface area (Å²) in [5.74, 6) is 0.829. The highest BCUT2D eigenvalue weighted by Gasteiger charge is 2.20. The fraction of sp³-hybridized carbons (Fsp3) is 0. The molecule has 1 aromatic rings. The highest BCUT2D eigenvalue weighted by molar-refractivity contribution is 6.15. The van der Waals surface area contributed by atoms with Crippen LogP contribution in [0.2, 0.25) is 0 Å². The van der Waals surface area contributed by atoms with Gasteiger partial charge in [-0.15, -0.1) is 0 Å². The summed E-state index contributed by atoms with van der Waals surface area (Å²) in [5.41, 5.74) is -1.36. The third-order valence-electron chi connectivity index (χ3n) is 2.21. The first-order chi connectivity index (χ1) is 9.19. The van der Waals surface area contributed by atoms with Crippen LogP contribution >= 0.6 is 0 Å². The molecule has 0 atom stereocenters. The third kappa shape index (κ3) is 3.26. The molecule has 0 spiro atoms. The molecule has 0 heterocycles. The Hall–Kier alpha value is -3.49. The van der Waals surface area contributed by atoms with Gasteiger partial charge in [-0.2, -0.15) is 15.8 Å². The Kier molecular flexibility index (Phi) is 6.41. The molecular formula is C14H9N5O. The standard InChI is InChI=1S/C14H5N4O.H3N/c15-6-11(7-16)13(12(8-17)9-18)14(19)10-4-2-1-3-5-10;/h1-5H;1H3/q-1;/p+1. The first kappa shape index (κ1) is 16.5. The van der Waals surface area contributed by atoms with Crippen LogP contribution in [0.15, 0.2) is 47.1 Å². The minimum Gasteiger partial charge on any atom is -0.762 e. The second kappa shape index (κ2) is 7.76. The first-order valence-corrected chi connectivity index (χ1v) is 5.01. The molecule has 0 radical (unpaired) electrons. The minimum atomic E-state index is -0.697. The lowest BCUT2D eigenvalue weighted by Crippen LogP contribution is -2.08. The van der Waals surface area contributed by atoms with E-state index in [1.165, 1.54) is 36.2 Å². The molecule has 0 fully saturated rings. The lowest BCUT2D eigenvalue weighted by Gasteiger charge is -2.04. The van der Waals surface area contributed by atoms with Crippen LogP contribution in [0, 0.1) is 34.0 Å². The molecular weight excluding hydrogens is 254 g/mol. The zero-order valence-corrected chi connectivity index (χ0v) is 10.6. The van der Waals surface area contributed by atoms with Gasteiger partial charge >= 0.3 is 0 Å². The molecule has 4 N–H and O–H groups in total. The Morgan fingerprint density at radius 2 is 1.55 bits per heavy atom. The van der Waals surface area contributed by atoms with Crippen molar-refractivity contribution in [2.45, 2.75) is 0 Å². The monoisotopic (exact) mass is 263 g/mol. The maximum atomic E-state index is 12.2. The molecule has 0 saturated carbocycles. The lowest BCUT2D eigenvalue weighted by molar-refractivity contribution is 0.103. The number of hydrogen-bond donors (Lipinski definition) is 1. The van der Waals surface area contributed by atoms with Gasteiger partial charge in [0.15, 0.2) is 5.78 Å². The number of quaternary nitrogens is 1. The van der Waals surface area contributed by atoms with Gasteiger partial charge in [-0.05, 0) is 0 Å². The van der Waals surface area contributed by atoms with Crippen molar-refractivity contribution in [1.29, 1.82) is 15.8 Å². The SMILES string of the molecule is N#CC(=C=[N-])C(C(=O)c1ccccc1)=C(C#N)C#N.[NH4+]. The van der Waals surface area contributed by atoms with Crippen molar-refractivity contribution < 1.29 is 4.79 Å². The average Bonchev–Trinajstić information content (AvgIpc) is 2.48. The van der Waals surface area contributed by atoms with E-state index >= 15 is 0 Å². The molecule has 0 aliphatic heterocycles. The Labute approximate surface area is 115 Å². The summed E-state index contributed by atoms with van der Waals surface area (Å²) in [6.07, 6.45) is 0. The summed E-state index contributed by atoms with van der Waals surface area (Å²) in [5, 5.41) is 35.3. The van der Waals surface area contributed by atoms with Gasteiger partial charge in [0.05, 0.1) is 11.1 Å². The average molecular weight is 263 g/mol. The Morgan fingerprint density at radius 3 is 1.95 bits per heavy atom. The van der Waals surface area contributed by atoms with Crippen LogP contribution in [0.25, 0.3) is 5.41 Å². The van der Waals surface area contributed by atoms with E-state index in [1.807, 2.05) is 0 Å². The number of Topliss-reactive ketones (excluding diaryl/α,β-unsaturated/α-hetero) is 1. The van der Waals surface area contributed by atoms with E-state index in [0.717, 1.165) is 0 Å². The van der Waals surface area contributed by atoms with Gasteiger partial charge in [-0.1, -0.05) is 30.3 Å². The van der Waals surface area contributed by atoms with Crippen molar-refractivity contribution in [3.8, 4) is 18.2 Å². The fourth-order valence-electron chi connectivity index (χ4n) is 1.36. The number of hydrogen-bond acceptors (Lipinski definition) is 4. The van der Waals surface area contributed by atoms with Gasteiger partial charge in [0, 0.05) is 5.56 Å². The molecule has 6 nitrogen and oxygen atoms in total. The van der Waals surface area contributed by atoms with Crippen LogP contribution in [0.5, 0.6) is 0 Å². The normalized spacial score (nSPS) is 7.65. The molecule has 0 aliphatic carbocycles. The van der Waals surface area contributed by atoms with E-state index in [2.05, 4.69) is 0 Å². The van der Waals surface area contributed by atoms with Crippen molar-refractivity contribution in [2.75, 3.05) is 0 Å². The van der Waals surface area contributed by atoms with E-state index in [4.69, 9.17) is 21.2 Å². The molecule has 1 aromatic carbocycles. The molecule has 0 bridgehead atoms. The smallest absolute Gasteiger partial charge is 0.197 e. The van der Waals surface area contributed by atoms with E-state index in [1.54, 1.807) is 18.2 Å². The first-order valence-electron chi connectivity index (χ1n) is 5.01. The largest absolute Gasteiger partial charge is 0.762 e. The van der Waals surface area contributed by atoms with Crippen molar-refractivity contribution in [3.05, 3.63) is 58.0 Å².